The van der Waals surface area contributed by atoms with E-state index in [-0.39, 0.29) is 17.3 Å². The van der Waals surface area contributed by atoms with Crippen LogP contribution in [-0.4, -0.2) is 34.7 Å². The zero-order chi connectivity index (χ0) is 26.0. The number of fused-ring (bicyclic) bond motifs is 1. The summed E-state index contributed by atoms with van der Waals surface area (Å²) in [6, 6.07) is 14.3. The Bertz CT molecular complexity index is 1240. The summed E-state index contributed by atoms with van der Waals surface area (Å²) >= 11 is 0. The number of Topliss-reactive ketones (excluding diaryl/α,β-unsaturated/α-hetero) is 1. The van der Waals surface area contributed by atoms with Crippen LogP contribution in [0.2, 0.25) is 0 Å². The standard InChI is InChI=1S/C27H26N2O2.C2H6.CHN/c1-4-18(2)26(30)24-17-28-25-14-19(3)22(16-23(24)25)27(31)29-12-10-21(11-13-29)15-20-8-6-5-7-9-20;2*1-2/h1,5-9,14,16-17,21,28H,2,10-13,15H2,3H3;1-2H3;1H. The van der Waals surface area contributed by atoms with Gasteiger partial charge >= 0.3 is 0 Å². The number of terminal acetylenes is 1. The summed E-state index contributed by atoms with van der Waals surface area (Å²) in [7, 11) is 0. The third-order valence-corrected chi connectivity index (χ3v) is 6.22. The van der Waals surface area contributed by atoms with E-state index >= 15 is 0 Å². The fourth-order valence-corrected chi connectivity index (χ4v) is 4.38. The number of amides is 1. The third kappa shape index (κ3) is 6.28. The molecule has 5 heteroatoms. The molecule has 5 nitrogen and oxygen atoms in total. The first-order valence-electron chi connectivity index (χ1n) is 11.9. The Hall–Kier alpha value is -4.09. The van der Waals surface area contributed by atoms with Gasteiger partial charge in [0.1, 0.15) is 0 Å². The molecule has 4 rings (SSSR count). The van der Waals surface area contributed by atoms with Crippen molar-refractivity contribution in [1.82, 2.24) is 9.88 Å². The SMILES string of the molecule is C#CC(=C)C(=O)c1c[nH]c2cc(C)c(C(=O)N3CCC(Cc4ccccc4)CC3)cc12.C#N.CC. The van der Waals surface area contributed by atoms with Crippen LogP contribution in [0.3, 0.4) is 0 Å². The van der Waals surface area contributed by atoms with Gasteiger partial charge in [-0.2, -0.15) is 0 Å². The Morgan fingerprint density at radius 3 is 2.34 bits per heavy atom. The predicted octanol–water partition coefficient (Wildman–Crippen LogP) is 6.11. The second kappa shape index (κ2) is 13.0. The van der Waals surface area contributed by atoms with Gasteiger partial charge in [0.2, 0.25) is 5.78 Å². The van der Waals surface area contributed by atoms with Gasteiger partial charge in [0, 0.05) is 47.9 Å². The number of hydrogen-bond donors (Lipinski definition) is 1. The van der Waals surface area contributed by atoms with Crippen molar-refractivity contribution >= 4 is 22.6 Å². The van der Waals surface area contributed by atoms with Gasteiger partial charge < -0.3 is 9.88 Å². The van der Waals surface area contributed by atoms with Crippen molar-refractivity contribution in [3.8, 4) is 18.9 Å². The second-order valence-electron chi connectivity index (χ2n) is 8.29. The molecule has 1 aliphatic heterocycles. The monoisotopic (exact) mass is 467 g/mol. The number of nitriles is 1. The fraction of sp³-hybridized carbons (Fsp3) is 0.300. The van der Waals surface area contributed by atoms with Crippen molar-refractivity contribution in [2.24, 2.45) is 5.92 Å². The molecule has 0 saturated carbocycles. The minimum atomic E-state index is -0.294. The molecule has 35 heavy (non-hydrogen) atoms. The largest absolute Gasteiger partial charge is 0.360 e. The molecular formula is C30H33N3O2. The number of ketones is 1. The summed E-state index contributed by atoms with van der Waals surface area (Å²) in [4.78, 5) is 30.9. The van der Waals surface area contributed by atoms with E-state index < -0.39 is 0 Å². The number of aryl methyl sites for hydroxylation is 1. The van der Waals surface area contributed by atoms with E-state index in [4.69, 9.17) is 11.7 Å². The Morgan fingerprint density at radius 1 is 1.11 bits per heavy atom. The first-order chi connectivity index (χ1) is 17.0. The number of carbonyl (C=O) groups is 2. The van der Waals surface area contributed by atoms with Crippen LogP contribution in [0.1, 0.15) is 58.5 Å². The van der Waals surface area contributed by atoms with E-state index in [2.05, 4.69) is 48.3 Å². The molecule has 0 bridgehead atoms. The van der Waals surface area contributed by atoms with Gasteiger partial charge in [-0.3, -0.25) is 9.59 Å². The maximum absolute atomic E-state index is 13.3. The number of nitrogens with zero attached hydrogens (tertiary/aromatic N) is 2. The average Bonchev–Trinajstić information content (AvgIpc) is 3.32. The molecule has 2 heterocycles. The van der Waals surface area contributed by atoms with Crippen molar-refractivity contribution in [2.45, 2.75) is 40.0 Å². The van der Waals surface area contributed by atoms with Crippen LogP contribution in [-0.2, 0) is 6.42 Å². The number of benzene rings is 2. The number of aromatic amines is 1. The van der Waals surface area contributed by atoms with Crippen molar-refractivity contribution in [3.05, 3.63) is 83.1 Å². The van der Waals surface area contributed by atoms with Crippen molar-refractivity contribution < 1.29 is 9.59 Å². The van der Waals surface area contributed by atoms with Crippen molar-refractivity contribution in [2.75, 3.05) is 13.1 Å². The van der Waals surface area contributed by atoms with Gasteiger partial charge in [0.15, 0.2) is 0 Å². The lowest BCUT2D eigenvalue weighted by Crippen LogP contribution is -2.39. The smallest absolute Gasteiger partial charge is 0.254 e. The maximum atomic E-state index is 13.3. The summed E-state index contributed by atoms with van der Waals surface area (Å²) in [5.74, 6) is 2.63. The lowest BCUT2D eigenvalue weighted by Gasteiger charge is -2.32. The summed E-state index contributed by atoms with van der Waals surface area (Å²) in [5.41, 5.74) is 4.24. The fourth-order valence-electron chi connectivity index (χ4n) is 4.38. The number of aromatic nitrogens is 1. The topological polar surface area (TPSA) is 77.0 Å². The van der Waals surface area contributed by atoms with Gasteiger partial charge in [-0.05, 0) is 55.4 Å². The molecule has 1 N–H and O–H groups in total. The maximum Gasteiger partial charge on any atom is 0.254 e. The van der Waals surface area contributed by atoms with Crippen molar-refractivity contribution in [1.29, 1.82) is 5.26 Å². The molecule has 0 unspecified atom stereocenters. The van der Waals surface area contributed by atoms with Crippen LogP contribution in [0.25, 0.3) is 10.9 Å². The first kappa shape index (κ1) is 27.2. The molecule has 0 aliphatic carbocycles. The number of likely N-dealkylation sites (tertiary alicyclic amines) is 1. The minimum Gasteiger partial charge on any atom is -0.360 e. The van der Waals surface area contributed by atoms with Gasteiger partial charge in [0.05, 0.1) is 5.57 Å². The molecule has 1 amide bonds. The van der Waals surface area contributed by atoms with Gasteiger partial charge in [-0.1, -0.05) is 56.7 Å². The van der Waals surface area contributed by atoms with Crippen molar-refractivity contribution in [3.63, 3.8) is 0 Å². The van der Waals surface area contributed by atoms with E-state index in [9.17, 15) is 9.59 Å². The number of H-pyrrole nitrogens is 1. The molecule has 0 radical (unpaired) electrons. The quantitative estimate of drug-likeness (QED) is 0.279. The number of nitrogens with one attached hydrogen (secondary N) is 1. The summed E-state index contributed by atoms with van der Waals surface area (Å²) < 4.78 is 0. The Kier molecular flexibility index (Phi) is 10.1. The molecule has 0 spiro atoms. The van der Waals surface area contributed by atoms with E-state index in [0.29, 0.717) is 22.4 Å². The summed E-state index contributed by atoms with van der Waals surface area (Å²) in [6.45, 7) is 14.6. The molecule has 180 valence electrons. The van der Waals surface area contributed by atoms with E-state index in [0.717, 1.165) is 43.4 Å². The van der Waals surface area contributed by atoms with Crippen LogP contribution in [0.5, 0.6) is 0 Å². The van der Waals surface area contributed by atoms with Crippen LogP contribution < -0.4 is 0 Å². The van der Waals surface area contributed by atoms with Gasteiger partial charge in [0.25, 0.3) is 5.91 Å². The average molecular weight is 468 g/mol. The highest BCUT2D eigenvalue weighted by atomic mass is 16.2. The Labute approximate surface area is 208 Å². The highest BCUT2D eigenvalue weighted by Gasteiger charge is 2.26. The summed E-state index contributed by atoms with van der Waals surface area (Å²) in [5, 5.41) is 7.20. The van der Waals surface area contributed by atoms with Crippen LogP contribution in [0.4, 0.5) is 0 Å². The predicted molar refractivity (Wildman–Crippen MR) is 142 cm³/mol. The Morgan fingerprint density at radius 2 is 1.74 bits per heavy atom. The molecule has 2 aromatic carbocycles. The zero-order valence-corrected chi connectivity index (χ0v) is 20.8. The van der Waals surface area contributed by atoms with E-state index in [1.165, 1.54) is 5.56 Å². The van der Waals surface area contributed by atoms with Crippen LogP contribution in [0.15, 0.2) is 60.8 Å². The highest BCUT2D eigenvalue weighted by Crippen LogP contribution is 2.27. The first-order valence-corrected chi connectivity index (χ1v) is 11.9. The number of hydrogen-bond acceptors (Lipinski definition) is 3. The third-order valence-electron chi connectivity index (χ3n) is 6.22. The van der Waals surface area contributed by atoms with E-state index in [1.54, 1.807) is 6.20 Å². The molecule has 1 fully saturated rings. The molecule has 1 aliphatic rings. The highest BCUT2D eigenvalue weighted by molar-refractivity contribution is 6.18. The molecule has 1 aromatic heterocycles. The number of allylic oxidation sites excluding steroid dienone is 1. The number of rotatable bonds is 5. The van der Waals surface area contributed by atoms with Crippen LogP contribution >= 0.6 is 0 Å². The lowest BCUT2D eigenvalue weighted by atomic mass is 9.89. The molecule has 3 aromatic rings. The zero-order valence-electron chi connectivity index (χ0n) is 20.8. The lowest BCUT2D eigenvalue weighted by molar-refractivity contribution is 0.0690. The summed E-state index contributed by atoms with van der Waals surface area (Å²) in [6.07, 6.45) is 10.0. The van der Waals surface area contributed by atoms with Crippen LogP contribution in [0, 0.1) is 37.0 Å². The molecule has 0 atom stereocenters. The number of carbonyl (C=O) groups excluding carboxylic acids is 2. The normalized spacial score (nSPS) is 13.0. The molecule has 1 saturated heterocycles. The van der Waals surface area contributed by atoms with Gasteiger partial charge in [-0.25, -0.2) is 5.26 Å². The Balaban J connectivity index is 0.00000103. The second-order valence-corrected chi connectivity index (χ2v) is 8.29. The van der Waals surface area contributed by atoms with E-state index in [1.807, 2.05) is 43.9 Å². The number of piperidine rings is 1. The minimum absolute atomic E-state index is 0.0212. The molecular weight excluding hydrogens is 434 g/mol. The van der Waals surface area contributed by atoms with Gasteiger partial charge in [-0.15, -0.1) is 6.42 Å².